The van der Waals surface area contributed by atoms with Crippen molar-refractivity contribution in [2.45, 2.75) is 0 Å². The van der Waals surface area contributed by atoms with E-state index in [4.69, 9.17) is 5.26 Å². The van der Waals surface area contributed by atoms with Gasteiger partial charge in [0.15, 0.2) is 0 Å². The van der Waals surface area contributed by atoms with Gasteiger partial charge in [-0.15, -0.1) is 11.8 Å². The highest BCUT2D eigenvalue weighted by Crippen LogP contribution is 2.19. The average Bonchev–Trinajstić information content (AvgIpc) is 2.26. The second kappa shape index (κ2) is 5.31. The van der Waals surface area contributed by atoms with Crippen molar-refractivity contribution in [2.75, 3.05) is 6.26 Å². The van der Waals surface area contributed by atoms with Crippen LogP contribution in [0.15, 0.2) is 42.3 Å². The van der Waals surface area contributed by atoms with Crippen LogP contribution in [0.1, 0.15) is 11.1 Å². The van der Waals surface area contributed by atoms with Gasteiger partial charge in [-0.3, -0.25) is 0 Å². The maximum atomic E-state index is 8.75. The lowest BCUT2D eigenvalue weighted by Gasteiger charge is -2.01. The first-order valence-corrected chi connectivity index (χ1v) is 5.46. The van der Waals surface area contributed by atoms with Gasteiger partial charge >= 0.3 is 0 Å². The van der Waals surface area contributed by atoms with Crippen molar-refractivity contribution in [3.05, 3.63) is 53.5 Å². The second-order valence-electron chi connectivity index (χ2n) is 2.71. The van der Waals surface area contributed by atoms with Gasteiger partial charge in [0.05, 0.1) is 11.6 Å². The third kappa shape index (κ3) is 2.51. The number of nitriles is 1. The van der Waals surface area contributed by atoms with Crippen molar-refractivity contribution in [3.63, 3.8) is 0 Å². The van der Waals surface area contributed by atoms with Gasteiger partial charge in [-0.05, 0) is 34.9 Å². The summed E-state index contributed by atoms with van der Waals surface area (Å²) in [5.74, 6) is 0. The largest absolute Gasteiger partial charge is 0.192 e. The fourth-order valence-electron chi connectivity index (χ4n) is 1.13. The molecule has 2 heteroatoms. The molecule has 0 bridgehead atoms. The molecule has 0 unspecified atom stereocenters. The van der Waals surface area contributed by atoms with E-state index < -0.39 is 0 Å². The lowest BCUT2D eigenvalue weighted by Crippen LogP contribution is -1.81. The molecule has 0 saturated carbocycles. The molecule has 0 aliphatic heterocycles. The summed E-state index contributed by atoms with van der Waals surface area (Å²) >= 11 is 1.63. The van der Waals surface area contributed by atoms with Gasteiger partial charge in [0.25, 0.3) is 0 Å². The molecule has 1 aromatic rings. The predicted molar refractivity (Wildman–Crippen MR) is 62.8 cm³/mol. The van der Waals surface area contributed by atoms with E-state index in [1.165, 1.54) is 0 Å². The molecule has 0 fully saturated rings. The highest BCUT2D eigenvalue weighted by atomic mass is 32.2. The normalized spacial score (nSPS) is 10.7. The Hall–Kier alpha value is -1.46. The molecule has 0 heterocycles. The Bertz CT molecular complexity index is 399. The topological polar surface area (TPSA) is 23.8 Å². The van der Waals surface area contributed by atoms with Crippen LogP contribution in [0.3, 0.4) is 0 Å². The van der Waals surface area contributed by atoms with Crippen LogP contribution in [-0.2, 0) is 0 Å². The standard InChI is InChI=1S/C12H11NS/c1-3-11(9-14-2)12-6-4-5-10(7-12)8-13/h3-7,9H,1H2,2H3/b11-9+. The van der Waals surface area contributed by atoms with Crippen LogP contribution in [0, 0.1) is 11.3 Å². The first-order valence-electron chi connectivity index (χ1n) is 4.17. The van der Waals surface area contributed by atoms with Gasteiger partial charge in [0.2, 0.25) is 0 Å². The van der Waals surface area contributed by atoms with Crippen molar-refractivity contribution < 1.29 is 0 Å². The molecular formula is C12H11NS. The van der Waals surface area contributed by atoms with E-state index in [-0.39, 0.29) is 0 Å². The van der Waals surface area contributed by atoms with Crippen molar-refractivity contribution in [3.8, 4) is 6.07 Å². The summed E-state index contributed by atoms with van der Waals surface area (Å²) in [7, 11) is 0. The van der Waals surface area contributed by atoms with Crippen LogP contribution in [-0.4, -0.2) is 6.26 Å². The minimum absolute atomic E-state index is 0.677. The van der Waals surface area contributed by atoms with Crippen LogP contribution >= 0.6 is 11.8 Å². The monoisotopic (exact) mass is 201 g/mol. The molecule has 0 N–H and O–H groups in total. The van der Waals surface area contributed by atoms with Gasteiger partial charge in [-0.1, -0.05) is 24.8 Å². The van der Waals surface area contributed by atoms with Crippen LogP contribution < -0.4 is 0 Å². The van der Waals surface area contributed by atoms with Gasteiger partial charge in [0, 0.05) is 0 Å². The summed E-state index contributed by atoms with van der Waals surface area (Å²) < 4.78 is 0. The molecular weight excluding hydrogens is 190 g/mol. The van der Waals surface area contributed by atoms with Gasteiger partial charge in [-0.2, -0.15) is 5.26 Å². The van der Waals surface area contributed by atoms with E-state index in [2.05, 4.69) is 12.6 Å². The molecule has 0 amide bonds. The summed E-state index contributed by atoms with van der Waals surface area (Å²) in [6.07, 6.45) is 3.80. The zero-order chi connectivity index (χ0) is 10.4. The van der Waals surface area contributed by atoms with E-state index in [1.807, 2.05) is 29.9 Å². The Morgan fingerprint density at radius 2 is 2.36 bits per heavy atom. The number of hydrogen-bond acceptors (Lipinski definition) is 2. The summed E-state index contributed by atoms with van der Waals surface area (Å²) in [5, 5.41) is 10.8. The third-order valence-corrected chi connectivity index (χ3v) is 2.28. The number of hydrogen-bond donors (Lipinski definition) is 0. The lowest BCUT2D eigenvalue weighted by atomic mass is 10.1. The first kappa shape index (κ1) is 10.6. The molecule has 70 valence electrons. The molecule has 1 nitrogen and oxygen atoms in total. The van der Waals surface area contributed by atoms with Gasteiger partial charge in [0.1, 0.15) is 0 Å². The van der Waals surface area contributed by atoms with Crippen molar-refractivity contribution in [1.82, 2.24) is 0 Å². The Labute approximate surface area is 88.8 Å². The molecule has 1 aromatic carbocycles. The number of nitrogens with zero attached hydrogens (tertiary/aromatic N) is 1. The molecule has 14 heavy (non-hydrogen) atoms. The highest BCUT2D eigenvalue weighted by molar-refractivity contribution is 8.01. The van der Waals surface area contributed by atoms with E-state index in [9.17, 15) is 0 Å². The van der Waals surface area contributed by atoms with E-state index in [0.29, 0.717) is 5.56 Å². The molecule has 0 atom stereocenters. The summed E-state index contributed by atoms with van der Waals surface area (Å²) in [5.41, 5.74) is 2.76. The van der Waals surface area contributed by atoms with Crippen LogP contribution in [0.5, 0.6) is 0 Å². The maximum absolute atomic E-state index is 8.75. The van der Waals surface area contributed by atoms with Crippen molar-refractivity contribution in [2.24, 2.45) is 0 Å². The SMILES string of the molecule is C=C/C(=C\SC)c1cccc(C#N)c1. The van der Waals surface area contributed by atoms with Crippen LogP contribution in [0.2, 0.25) is 0 Å². The Morgan fingerprint density at radius 3 is 2.93 bits per heavy atom. The number of allylic oxidation sites excluding steroid dienone is 2. The highest BCUT2D eigenvalue weighted by Gasteiger charge is 1.97. The maximum Gasteiger partial charge on any atom is 0.0991 e. The minimum Gasteiger partial charge on any atom is -0.192 e. The van der Waals surface area contributed by atoms with Gasteiger partial charge in [-0.25, -0.2) is 0 Å². The zero-order valence-corrected chi connectivity index (χ0v) is 8.84. The van der Waals surface area contributed by atoms with Crippen molar-refractivity contribution in [1.29, 1.82) is 5.26 Å². The fourth-order valence-corrected chi connectivity index (χ4v) is 1.62. The third-order valence-electron chi connectivity index (χ3n) is 1.79. The second-order valence-corrected chi connectivity index (χ2v) is 3.41. The molecule has 0 aliphatic rings. The first-order chi connectivity index (χ1) is 6.81. The lowest BCUT2D eigenvalue weighted by molar-refractivity contribution is 1.47. The molecule has 0 spiro atoms. The minimum atomic E-state index is 0.677. The molecule has 0 saturated heterocycles. The smallest absolute Gasteiger partial charge is 0.0991 e. The summed E-state index contributed by atoms with van der Waals surface area (Å²) in [6, 6.07) is 9.64. The predicted octanol–water partition coefficient (Wildman–Crippen LogP) is 3.45. The number of rotatable bonds is 3. The molecule has 1 rings (SSSR count). The van der Waals surface area contributed by atoms with Gasteiger partial charge < -0.3 is 0 Å². The summed E-state index contributed by atoms with van der Waals surface area (Å²) in [4.78, 5) is 0. The van der Waals surface area contributed by atoms with E-state index in [1.54, 1.807) is 23.9 Å². The number of benzene rings is 1. The Balaban J connectivity index is 3.12. The van der Waals surface area contributed by atoms with E-state index >= 15 is 0 Å². The van der Waals surface area contributed by atoms with Crippen LogP contribution in [0.4, 0.5) is 0 Å². The van der Waals surface area contributed by atoms with E-state index in [0.717, 1.165) is 11.1 Å². The fraction of sp³-hybridized carbons (Fsp3) is 0.0833. The average molecular weight is 201 g/mol. The Morgan fingerprint density at radius 1 is 1.57 bits per heavy atom. The quantitative estimate of drug-likeness (QED) is 0.699. The zero-order valence-electron chi connectivity index (χ0n) is 8.03. The number of thioether (sulfide) groups is 1. The summed E-state index contributed by atoms with van der Waals surface area (Å²) in [6.45, 7) is 3.75. The van der Waals surface area contributed by atoms with Crippen LogP contribution in [0.25, 0.3) is 5.57 Å². The molecule has 0 radical (unpaired) electrons. The van der Waals surface area contributed by atoms with Crippen molar-refractivity contribution >= 4 is 17.3 Å². The molecule has 0 aliphatic carbocycles. The Kier molecular flexibility index (Phi) is 4.03. The molecule has 0 aromatic heterocycles.